The molecular weight excluding hydrogens is 512 g/mol. The van der Waals surface area contributed by atoms with Crippen LogP contribution in [-0.4, -0.2) is 73.5 Å². The molecule has 0 spiro atoms. The second kappa shape index (κ2) is 12.1. The first-order valence-electron chi connectivity index (χ1n) is 14.6. The number of fused-ring (bicyclic) bond motifs is 1. The van der Waals surface area contributed by atoms with E-state index in [0.29, 0.717) is 31.5 Å². The number of aromatic nitrogens is 2. The van der Waals surface area contributed by atoms with E-state index in [9.17, 15) is 4.79 Å². The predicted molar refractivity (Wildman–Crippen MR) is 167 cm³/mol. The van der Waals surface area contributed by atoms with Gasteiger partial charge in [-0.2, -0.15) is 0 Å². The number of hydrogen-bond acceptors (Lipinski definition) is 6. The molecule has 2 aliphatic rings. The van der Waals surface area contributed by atoms with Crippen LogP contribution < -0.4 is 15.5 Å². The van der Waals surface area contributed by atoms with E-state index in [4.69, 9.17) is 9.72 Å². The SMILES string of the molecule is C/C1=C/C(C)=C(/CNC(=O)c2cc(-c3ccc(N4CCC(N(C)C)C4)nc3)cc3c2c(C)cn3C(C)C)COCN1. The number of nitrogens with one attached hydrogen (secondary N) is 2. The van der Waals surface area contributed by atoms with E-state index in [0.717, 1.165) is 69.8 Å². The maximum atomic E-state index is 13.8. The Bertz CT molecular complexity index is 1480. The highest BCUT2D eigenvalue weighted by molar-refractivity contribution is 6.09. The van der Waals surface area contributed by atoms with Crippen molar-refractivity contribution in [2.24, 2.45) is 0 Å². The summed E-state index contributed by atoms with van der Waals surface area (Å²) in [6, 6.07) is 9.28. The Labute approximate surface area is 244 Å². The van der Waals surface area contributed by atoms with E-state index < -0.39 is 0 Å². The summed E-state index contributed by atoms with van der Waals surface area (Å²) in [7, 11) is 4.28. The summed E-state index contributed by atoms with van der Waals surface area (Å²) in [5.74, 6) is 0.919. The number of benzene rings is 1. The van der Waals surface area contributed by atoms with Gasteiger partial charge in [-0.1, -0.05) is 0 Å². The lowest BCUT2D eigenvalue weighted by Gasteiger charge is -2.21. The minimum atomic E-state index is -0.0842. The standard InChI is InChI=1S/C33H44N6O2/c1-21(2)39-17-23(4)32-29(33(40)35-16-27-19-41-20-36-24(5)12-22(27)3)13-26(14-30(32)39)25-8-9-31(34-15-25)38-11-10-28(18-38)37(6)7/h8-9,12-15,17,21,28,36H,10-11,16,18-20H2,1-7H3,(H,35,40)/b24-12-,27-22-. The van der Waals surface area contributed by atoms with Gasteiger partial charge in [0.15, 0.2) is 0 Å². The zero-order valence-electron chi connectivity index (χ0n) is 25.5. The normalized spacial score (nSPS) is 21.1. The van der Waals surface area contributed by atoms with Crippen molar-refractivity contribution in [2.75, 3.05) is 52.0 Å². The quantitative estimate of drug-likeness (QED) is 0.414. The average molecular weight is 557 g/mol. The molecule has 3 aromatic rings. The Balaban J connectivity index is 1.47. The number of aryl methyl sites for hydroxylation is 1. The highest BCUT2D eigenvalue weighted by Crippen LogP contribution is 2.33. The highest BCUT2D eigenvalue weighted by Gasteiger charge is 2.25. The van der Waals surface area contributed by atoms with Gasteiger partial charge in [-0.15, -0.1) is 0 Å². The van der Waals surface area contributed by atoms with Crippen LogP contribution in [0.2, 0.25) is 0 Å². The summed E-state index contributed by atoms with van der Waals surface area (Å²) in [5, 5.41) is 7.41. The van der Waals surface area contributed by atoms with Gasteiger partial charge in [0.05, 0.1) is 6.61 Å². The third-order valence-electron chi connectivity index (χ3n) is 8.41. The Morgan fingerprint density at radius 2 is 2.00 bits per heavy atom. The molecule has 1 fully saturated rings. The smallest absolute Gasteiger partial charge is 0.252 e. The van der Waals surface area contributed by atoms with Crippen molar-refractivity contribution < 1.29 is 9.53 Å². The van der Waals surface area contributed by atoms with Crippen LogP contribution >= 0.6 is 0 Å². The largest absolute Gasteiger partial charge is 0.366 e. The first-order valence-corrected chi connectivity index (χ1v) is 14.6. The molecule has 1 atom stereocenters. The summed E-state index contributed by atoms with van der Waals surface area (Å²) < 4.78 is 8.01. The number of pyridine rings is 1. The van der Waals surface area contributed by atoms with Gasteiger partial charge in [-0.25, -0.2) is 4.98 Å². The third-order valence-corrected chi connectivity index (χ3v) is 8.41. The van der Waals surface area contributed by atoms with E-state index >= 15 is 0 Å². The lowest BCUT2D eigenvalue weighted by molar-refractivity contribution is 0.0954. The van der Waals surface area contributed by atoms with Gasteiger partial charge in [0.1, 0.15) is 12.5 Å². The van der Waals surface area contributed by atoms with Crippen LogP contribution in [0.15, 0.2) is 59.6 Å². The number of anilines is 1. The summed E-state index contributed by atoms with van der Waals surface area (Å²) in [6.07, 6.45) is 7.35. The van der Waals surface area contributed by atoms with E-state index in [-0.39, 0.29) is 11.9 Å². The Hall–Kier alpha value is -3.62. The summed E-state index contributed by atoms with van der Waals surface area (Å²) in [4.78, 5) is 23.3. The predicted octanol–water partition coefficient (Wildman–Crippen LogP) is 5.26. The topological polar surface area (TPSA) is 74.7 Å². The number of likely N-dealkylation sites (N-methyl/N-ethyl adjacent to an activating group) is 1. The maximum Gasteiger partial charge on any atom is 0.252 e. The fourth-order valence-corrected chi connectivity index (χ4v) is 5.88. The molecule has 41 heavy (non-hydrogen) atoms. The third kappa shape index (κ3) is 6.19. The fraction of sp³-hybridized carbons (Fsp3) is 0.455. The molecule has 0 saturated carbocycles. The van der Waals surface area contributed by atoms with Crippen LogP contribution in [0.25, 0.3) is 22.0 Å². The number of ether oxygens (including phenoxy) is 1. The lowest BCUT2D eigenvalue weighted by Crippen LogP contribution is -2.31. The van der Waals surface area contributed by atoms with Crippen molar-refractivity contribution in [3.8, 4) is 11.1 Å². The number of allylic oxidation sites excluding steroid dienone is 3. The molecular formula is C33H44N6O2. The van der Waals surface area contributed by atoms with Crippen molar-refractivity contribution in [1.29, 1.82) is 0 Å². The molecule has 2 N–H and O–H groups in total. The first kappa shape index (κ1) is 28.9. The number of nitrogens with zero attached hydrogens (tertiary/aromatic N) is 4. The summed E-state index contributed by atoms with van der Waals surface area (Å²) >= 11 is 0. The summed E-state index contributed by atoms with van der Waals surface area (Å²) in [6.45, 7) is 13.9. The van der Waals surface area contributed by atoms with E-state index in [2.05, 4.69) is 97.3 Å². The van der Waals surface area contributed by atoms with Crippen molar-refractivity contribution in [3.05, 3.63) is 70.7 Å². The number of carbonyl (C=O) groups is 1. The van der Waals surface area contributed by atoms with Crippen molar-refractivity contribution >= 4 is 22.6 Å². The second-order valence-corrected chi connectivity index (χ2v) is 12.0. The van der Waals surface area contributed by atoms with Crippen molar-refractivity contribution in [2.45, 2.75) is 53.1 Å². The zero-order chi connectivity index (χ0) is 29.3. The molecule has 8 heteroatoms. The molecule has 218 valence electrons. The van der Waals surface area contributed by atoms with Gasteiger partial charge in [0, 0.05) is 71.8 Å². The molecule has 2 aliphatic heterocycles. The van der Waals surface area contributed by atoms with Crippen molar-refractivity contribution in [3.63, 3.8) is 0 Å². The van der Waals surface area contributed by atoms with E-state index in [1.165, 1.54) is 0 Å². The molecule has 2 aromatic heterocycles. The highest BCUT2D eigenvalue weighted by atomic mass is 16.5. The van der Waals surface area contributed by atoms with Crippen molar-refractivity contribution in [1.82, 2.24) is 25.1 Å². The Kier molecular flexibility index (Phi) is 8.52. The monoisotopic (exact) mass is 556 g/mol. The lowest BCUT2D eigenvalue weighted by atomic mass is 9.98. The molecule has 8 nitrogen and oxygen atoms in total. The van der Waals surface area contributed by atoms with E-state index in [1.807, 2.05) is 19.2 Å². The van der Waals surface area contributed by atoms with Crippen LogP contribution in [0.5, 0.6) is 0 Å². The summed E-state index contributed by atoms with van der Waals surface area (Å²) in [5.41, 5.74) is 8.06. The van der Waals surface area contributed by atoms with E-state index in [1.54, 1.807) is 0 Å². The maximum absolute atomic E-state index is 13.8. The number of rotatable bonds is 7. The zero-order valence-corrected chi connectivity index (χ0v) is 25.5. The molecule has 1 aromatic carbocycles. The Morgan fingerprint density at radius 3 is 2.68 bits per heavy atom. The molecule has 1 saturated heterocycles. The average Bonchev–Trinajstić information content (AvgIpc) is 3.57. The second-order valence-electron chi connectivity index (χ2n) is 12.0. The van der Waals surface area contributed by atoms with Gasteiger partial charge in [-0.05, 0) is 108 Å². The Morgan fingerprint density at radius 1 is 1.20 bits per heavy atom. The molecule has 0 aliphatic carbocycles. The van der Waals surface area contributed by atoms with Gasteiger partial charge < -0.3 is 29.7 Å². The minimum absolute atomic E-state index is 0.0842. The molecule has 1 amide bonds. The molecule has 4 heterocycles. The molecule has 1 unspecified atom stereocenters. The molecule has 5 rings (SSSR count). The fourth-order valence-electron chi connectivity index (χ4n) is 5.88. The van der Waals surface area contributed by atoms with Crippen LogP contribution in [0.3, 0.4) is 0 Å². The number of hydrogen-bond donors (Lipinski definition) is 2. The van der Waals surface area contributed by atoms with Crippen LogP contribution in [0.1, 0.15) is 56.1 Å². The first-order chi connectivity index (χ1) is 19.6. The molecule has 0 radical (unpaired) electrons. The number of carbonyl (C=O) groups excluding carboxylic acids is 1. The van der Waals surface area contributed by atoms with Gasteiger partial charge in [0.25, 0.3) is 5.91 Å². The van der Waals surface area contributed by atoms with Crippen LogP contribution in [-0.2, 0) is 4.74 Å². The minimum Gasteiger partial charge on any atom is -0.366 e. The molecule has 0 bridgehead atoms. The van der Waals surface area contributed by atoms with Gasteiger partial charge >= 0.3 is 0 Å². The van der Waals surface area contributed by atoms with Gasteiger partial charge in [0.2, 0.25) is 0 Å². The van der Waals surface area contributed by atoms with Gasteiger partial charge in [-0.3, -0.25) is 4.79 Å². The number of amides is 1. The van der Waals surface area contributed by atoms with Crippen LogP contribution in [0.4, 0.5) is 5.82 Å². The van der Waals surface area contributed by atoms with Crippen LogP contribution in [0, 0.1) is 6.92 Å².